The monoisotopic (exact) mass is 446 g/mol. The van der Waals surface area contributed by atoms with E-state index in [9.17, 15) is 9.59 Å². The van der Waals surface area contributed by atoms with Gasteiger partial charge in [0.2, 0.25) is 11.8 Å². The predicted octanol–water partition coefficient (Wildman–Crippen LogP) is 5.21. The minimum absolute atomic E-state index is 0.0536. The summed E-state index contributed by atoms with van der Waals surface area (Å²) in [6.07, 6.45) is 0.845. The molecule has 30 heavy (non-hydrogen) atoms. The molecule has 162 valence electrons. The molecule has 2 aromatic carbocycles. The van der Waals surface area contributed by atoms with Crippen LogP contribution in [-0.2, 0) is 21.9 Å². The minimum Gasteiger partial charge on any atom is -0.352 e. The average Bonchev–Trinajstić information content (AvgIpc) is 2.73. The van der Waals surface area contributed by atoms with Crippen LogP contribution in [0.5, 0.6) is 0 Å². The Hall–Kier alpha value is -1.98. The summed E-state index contributed by atoms with van der Waals surface area (Å²) in [5.41, 5.74) is 3.16. The van der Waals surface area contributed by atoms with Gasteiger partial charge >= 0.3 is 0 Å². The SMILES string of the molecule is CC[C@H](C)NC(=O)[C@H](C)N(Cc1ccccc1C)C(=O)CSCc1ccccc1Cl. The van der Waals surface area contributed by atoms with E-state index in [0.29, 0.717) is 17.3 Å². The molecule has 4 nitrogen and oxygen atoms in total. The van der Waals surface area contributed by atoms with Crippen LogP contribution >= 0.6 is 23.4 Å². The summed E-state index contributed by atoms with van der Waals surface area (Å²) in [7, 11) is 0. The Morgan fingerprint density at radius 2 is 1.70 bits per heavy atom. The lowest BCUT2D eigenvalue weighted by Crippen LogP contribution is -2.50. The Morgan fingerprint density at radius 3 is 2.33 bits per heavy atom. The Morgan fingerprint density at radius 1 is 1.07 bits per heavy atom. The van der Waals surface area contributed by atoms with E-state index in [2.05, 4.69) is 5.32 Å². The van der Waals surface area contributed by atoms with Crippen LogP contribution in [0.2, 0.25) is 5.02 Å². The van der Waals surface area contributed by atoms with Crippen molar-refractivity contribution in [1.29, 1.82) is 0 Å². The van der Waals surface area contributed by atoms with Crippen molar-refractivity contribution in [3.8, 4) is 0 Å². The summed E-state index contributed by atoms with van der Waals surface area (Å²) in [6, 6.07) is 15.1. The van der Waals surface area contributed by atoms with Crippen LogP contribution in [-0.4, -0.2) is 34.6 Å². The van der Waals surface area contributed by atoms with Gasteiger partial charge in [-0.05, 0) is 49.9 Å². The highest BCUT2D eigenvalue weighted by atomic mass is 35.5. The quantitative estimate of drug-likeness (QED) is 0.544. The van der Waals surface area contributed by atoms with Gasteiger partial charge in [0.05, 0.1) is 5.75 Å². The van der Waals surface area contributed by atoms with Gasteiger partial charge in [-0.25, -0.2) is 0 Å². The smallest absolute Gasteiger partial charge is 0.242 e. The van der Waals surface area contributed by atoms with E-state index >= 15 is 0 Å². The zero-order valence-corrected chi connectivity index (χ0v) is 19.7. The molecule has 0 bridgehead atoms. The molecule has 2 rings (SSSR count). The first kappa shape index (κ1) is 24.3. The maximum absolute atomic E-state index is 13.1. The Kier molecular flexibility index (Phi) is 9.73. The second kappa shape index (κ2) is 12.0. The number of hydrogen-bond acceptors (Lipinski definition) is 3. The van der Waals surface area contributed by atoms with Gasteiger partial charge < -0.3 is 10.2 Å². The highest BCUT2D eigenvalue weighted by molar-refractivity contribution is 7.99. The fourth-order valence-corrected chi connectivity index (χ4v) is 4.16. The van der Waals surface area contributed by atoms with E-state index in [1.165, 1.54) is 11.8 Å². The predicted molar refractivity (Wildman–Crippen MR) is 127 cm³/mol. The van der Waals surface area contributed by atoms with Crippen LogP contribution in [0.15, 0.2) is 48.5 Å². The molecular formula is C24H31ClN2O2S. The van der Waals surface area contributed by atoms with Gasteiger partial charge in [0.25, 0.3) is 0 Å². The topological polar surface area (TPSA) is 49.4 Å². The summed E-state index contributed by atoms with van der Waals surface area (Å²) >= 11 is 7.73. The molecule has 2 amide bonds. The summed E-state index contributed by atoms with van der Waals surface area (Å²) in [4.78, 5) is 27.6. The fraction of sp³-hybridized carbons (Fsp3) is 0.417. The maximum atomic E-state index is 13.1. The molecule has 0 aliphatic heterocycles. The zero-order valence-electron chi connectivity index (χ0n) is 18.2. The third-order valence-electron chi connectivity index (χ3n) is 5.21. The lowest BCUT2D eigenvalue weighted by Gasteiger charge is -2.30. The van der Waals surface area contributed by atoms with Crippen LogP contribution in [0.1, 0.15) is 43.9 Å². The molecular weight excluding hydrogens is 416 g/mol. The first-order chi connectivity index (χ1) is 14.3. The number of rotatable bonds is 10. The molecule has 0 aromatic heterocycles. The van der Waals surface area contributed by atoms with Crippen molar-refractivity contribution in [3.63, 3.8) is 0 Å². The normalized spacial score (nSPS) is 12.8. The fourth-order valence-electron chi connectivity index (χ4n) is 2.97. The molecule has 0 aliphatic rings. The van der Waals surface area contributed by atoms with Gasteiger partial charge in [0, 0.05) is 23.4 Å². The van der Waals surface area contributed by atoms with Crippen LogP contribution in [0.25, 0.3) is 0 Å². The van der Waals surface area contributed by atoms with Crippen molar-refractivity contribution in [2.45, 2.75) is 58.5 Å². The Bertz CT molecular complexity index is 859. The second-order valence-electron chi connectivity index (χ2n) is 7.53. The molecule has 2 atom stereocenters. The van der Waals surface area contributed by atoms with E-state index in [1.807, 2.05) is 69.3 Å². The number of benzene rings is 2. The molecule has 0 saturated carbocycles. The molecule has 0 fully saturated rings. The van der Waals surface area contributed by atoms with Gasteiger partial charge in [0.15, 0.2) is 0 Å². The number of nitrogens with one attached hydrogen (secondary N) is 1. The molecule has 6 heteroatoms. The van der Waals surface area contributed by atoms with Crippen molar-refractivity contribution in [2.24, 2.45) is 0 Å². The van der Waals surface area contributed by atoms with Crippen LogP contribution in [0.4, 0.5) is 0 Å². The number of nitrogens with zero attached hydrogens (tertiary/aromatic N) is 1. The van der Waals surface area contributed by atoms with E-state index in [0.717, 1.165) is 23.1 Å². The molecule has 1 N–H and O–H groups in total. The summed E-state index contributed by atoms with van der Waals surface area (Å²) in [6.45, 7) is 8.22. The first-order valence-electron chi connectivity index (χ1n) is 10.3. The van der Waals surface area contributed by atoms with Crippen molar-refractivity contribution in [1.82, 2.24) is 10.2 Å². The van der Waals surface area contributed by atoms with Gasteiger partial charge in [0.1, 0.15) is 6.04 Å². The van der Waals surface area contributed by atoms with E-state index < -0.39 is 6.04 Å². The average molecular weight is 447 g/mol. The van der Waals surface area contributed by atoms with Gasteiger partial charge in [-0.3, -0.25) is 9.59 Å². The number of amides is 2. The van der Waals surface area contributed by atoms with E-state index in [-0.39, 0.29) is 23.6 Å². The van der Waals surface area contributed by atoms with Crippen molar-refractivity contribution in [2.75, 3.05) is 5.75 Å². The van der Waals surface area contributed by atoms with Crippen molar-refractivity contribution < 1.29 is 9.59 Å². The standard InChI is InChI=1S/C24H31ClN2O2S/c1-5-18(3)26-24(29)19(4)27(14-20-11-7-6-10-17(20)2)23(28)16-30-15-21-12-8-9-13-22(21)25/h6-13,18-19H,5,14-16H2,1-4H3,(H,26,29)/t18-,19-/m0/s1. The largest absolute Gasteiger partial charge is 0.352 e. The Balaban J connectivity index is 2.10. The lowest BCUT2D eigenvalue weighted by molar-refractivity contribution is -0.138. The molecule has 0 aliphatic carbocycles. The number of halogens is 1. The first-order valence-corrected chi connectivity index (χ1v) is 11.8. The van der Waals surface area contributed by atoms with Gasteiger partial charge in [-0.2, -0.15) is 0 Å². The molecule has 0 unspecified atom stereocenters. The minimum atomic E-state index is -0.549. The van der Waals surface area contributed by atoms with Crippen molar-refractivity contribution in [3.05, 3.63) is 70.2 Å². The zero-order chi connectivity index (χ0) is 22.1. The second-order valence-corrected chi connectivity index (χ2v) is 8.92. The van der Waals surface area contributed by atoms with Crippen LogP contribution < -0.4 is 5.32 Å². The molecule has 0 spiro atoms. The van der Waals surface area contributed by atoms with Crippen LogP contribution in [0.3, 0.4) is 0 Å². The summed E-state index contributed by atoms with van der Waals surface area (Å²) in [5.74, 6) is 0.763. The van der Waals surface area contributed by atoms with Gasteiger partial charge in [-0.15, -0.1) is 11.8 Å². The third kappa shape index (κ3) is 7.06. The Labute approximate surface area is 189 Å². The van der Waals surface area contributed by atoms with Crippen molar-refractivity contribution >= 4 is 35.2 Å². The van der Waals surface area contributed by atoms with E-state index in [1.54, 1.807) is 11.8 Å². The molecule has 2 aromatic rings. The number of carbonyl (C=O) groups excluding carboxylic acids is 2. The van der Waals surface area contributed by atoms with Gasteiger partial charge in [-0.1, -0.05) is 61.0 Å². The maximum Gasteiger partial charge on any atom is 0.242 e. The third-order valence-corrected chi connectivity index (χ3v) is 6.55. The number of hydrogen-bond donors (Lipinski definition) is 1. The highest BCUT2D eigenvalue weighted by Crippen LogP contribution is 2.22. The van der Waals surface area contributed by atoms with Crippen LogP contribution in [0, 0.1) is 6.92 Å². The molecule has 0 heterocycles. The summed E-state index contributed by atoms with van der Waals surface area (Å²) < 4.78 is 0. The highest BCUT2D eigenvalue weighted by Gasteiger charge is 2.27. The number of thioether (sulfide) groups is 1. The molecule has 0 saturated heterocycles. The summed E-state index contributed by atoms with van der Waals surface area (Å²) in [5, 5.41) is 3.70. The lowest BCUT2D eigenvalue weighted by atomic mass is 10.1. The number of aryl methyl sites for hydroxylation is 1. The molecule has 0 radical (unpaired) electrons. The van der Waals surface area contributed by atoms with E-state index in [4.69, 9.17) is 11.6 Å². The number of carbonyl (C=O) groups is 2.